The van der Waals surface area contributed by atoms with Crippen molar-refractivity contribution in [1.82, 2.24) is 21.3 Å². The van der Waals surface area contributed by atoms with E-state index in [1.54, 1.807) is 0 Å². The summed E-state index contributed by atoms with van der Waals surface area (Å²) in [4.78, 5) is 67.4. The van der Waals surface area contributed by atoms with Gasteiger partial charge in [-0.15, -0.1) is 0 Å². The van der Waals surface area contributed by atoms with Gasteiger partial charge in [-0.3, -0.25) is 28.8 Å². The Morgan fingerprint density at radius 3 is 1.40 bits per heavy atom. The van der Waals surface area contributed by atoms with Crippen LogP contribution < -0.4 is 21.3 Å². The van der Waals surface area contributed by atoms with Crippen molar-refractivity contribution in [3.63, 3.8) is 0 Å². The number of amides is 4. The largest absolute Gasteiger partial charge is 0.481 e. The molecule has 1 heterocycles. The standard InChI is InChI=1S/C18H28N4O8/c23-13(9-15(25)26)19-7-3-1-5-11-17(29)22-12(18(30)21-11)6-2-4-8-20-14(24)10-16(27)28/h11-12H,1-10H2,(H,19,23)(H,20,24)(H,21,30)(H,22,29)(H,25,26)(H,27,28). The van der Waals surface area contributed by atoms with Crippen LogP contribution >= 0.6 is 0 Å². The summed E-state index contributed by atoms with van der Waals surface area (Å²) in [5.41, 5.74) is 0. The Bertz CT molecular complexity index is 611. The first-order chi connectivity index (χ1) is 14.2. The SMILES string of the molecule is O=C(O)CC(=O)NCCCCC1NC(=O)C(CCCCNC(=O)CC(=O)O)NC1=O. The first-order valence-corrected chi connectivity index (χ1v) is 9.76. The number of piperazine rings is 1. The van der Waals surface area contributed by atoms with Crippen molar-refractivity contribution >= 4 is 35.6 Å². The van der Waals surface area contributed by atoms with Gasteiger partial charge in [0.2, 0.25) is 23.6 Å². The van der Waals surface area contributed by atoms with Gasteiger partial charge >= 0.3 is 11.9 Å². The molecule has 0 aromatic heterocycles. The van der Waals surface area contributed by atoms with E-state index in [-0.39, 0.29) is 11.8 Å². The number of hydrogen-bond donors (Lipinski definition) is 6. The van der Waals surface area contributed by atoms with Gasteiger partial charge in [0.1, 0.15) is 24.9 Å². The lowest BCUT2D eigenvalue weighted by Gasteiger charge is -2.29. The number of carboxylic acids is 2. The second-order valence-corrected chi connectivity index (χ2v) is 6.95. The number of carboxylic acid groups (broad SMARTS) is 2. The zero-order chi connectivity index (χ0) is 22.5. The summed E-state index contributed by atoms with van der Waals surface area (Å²) in [6.45, 7) is 0.583. The Labute approximate surface area is 173 Å². The topological polar surface area (TPSA) is 191 Å². The molecule has 4 amide bonds. The van der Waals surface area contributed by atoms with Crippen molar-refractivity contribution in [1.29, 1.82) is 0 Å². The van der Waals surface area contributed by atoms with Gasteiger partial charge in [0.25, 0.3) is 0 Å². The molecule has 168 valence electrons. The molecular formula is C18H28N4O8. The molecule has 0 spiro atoms. The van der Waals surface area contributed by atoms with Crippen LogP contribution in [0.1, 0.15) is 51.4 Å². The van der Waals surface area contributed by atoms with Crippen LogP contribution in [0.2, 0.25) is 0 Å². The number of aliphatic carboxylic acids is 2. The molecule has 0 aromatic carbocycles. The third-order valence-corrected chi connectivity index (χ3v) is 4.37. The molecule has 0 aliphatic carbocycles. The molecule has 1 aliphatic heterocycles. The zero-order valence-electron chi connectivity index (χ0n) is 16.6. The van der Waals surface area contributed by atoms with Crippen molar-refractivity contribution in [3.05, 3.63) is 0 Å². The van der Waals surface area contributed by atoms with Gasteiger partial charge in [0, 0.05) is 13.1 Å². The average Bonchev–Trinajstić information content (AvgIpc) is 2.63. The second kappa shape index (κ2) is 13.1. The average molecular weight is 428 g/mol. The first kappa shape index (κ1) is 24.9. The quantitative estimate of drug-likeness (QED) is 0.142. The fourth-order valence-electron chi connectivity index (χ4n) is 2.88. The minimum atomic E-state index is -1.20. The molecule has 6 N–H and O–H groups in total. The highest BCUT2D eigenvalue weighted by molar-refractivity contribution is 5.97. The molecule has 0 saturated carbocycles. The number of unbranched alkanes of at least 4 members (excludes halogenated alkanes) is 2. The van der Waals surface area contributed by atoms with Gasteiger partial charge in [0.05, 0.1) is 0 Å². The molecule has 12 nitrogen and oxygen atoms in total. The zero-order valence-corrected chi connectivity index (χ0v) is 16.6. The predicted octanol–water partition coefficient (Wildman–Crippen LogP) is -1.51. The number of carbonyl (C=O) groups is 6. The van der Waals surface area contributed by atoms with E-state index in [1.165, 1.54) is 0 Å². The highest BCUT2D eigenvalue weighted by atomic mass is 16.4. The Kier molecular flexibility index (Phi) is 10.9. The van der Waals surface area contributed by atoms with E-state index in [1.807, 2.05) is 0 Å². The second-order valence-electron chi connectivity index (χ2n) is 6.95. The Balaban J connectivity index is 2.18. The first-order valence-electron chi connectivity index (χ1n) is 9.76. The molecule has 2 unspecified atom stereocenters. The molecular weight excluding hydrogens is 400 g/mol. The van der Waals surface area contributed by atoms with E-state index in [2.05, 4.69) is 21.3 Å². The third-order valence-electron chi connectivity index (χ3n) is 4.37. The molecule has 2 atom stereocenters. The minimum Gasteiger partial charge on any atom is -0.481 e. The summed E-state index contributed by atoms with van der Waals surface area (Å²) < 4.78 is 0. The van der Waals surface area contributed by atoms with Crippen molar-refractivity contribution in [2.75, 3.05) is 13.1 Å². The Morgan fingerprint density at radius 2 is 1.07 bits per heavy atom. The molecule has 1 aliphatic rings. The Morgan fingerprint density at radius 1 is 0.700 bits per heavy atom. The lowest BCUT2D eigenvalue weighted by molar-refractivity contribution is -0.142. The number of rotatable bonds is 14. The van der Waals surface area contributed by atoms with Crippen LogP contribution in [0.3, 0.4) is 0 Å². The molecule has 0 aromatic rings. The van der Waals surface area contributed by atoms with Crippen LogP contribution in [0.4, 0.5) is 0 Å². The number of carbonyl (C=O) groups excluding carboxylic acids is 4. The number of hydrogen-bond acceptors (Lipinski definition) is 6. The highest BCUT2D eigenvalue weighted by Crippen LogP contribution is 2.10. The van der Waals surface area contributed by atoms with Crippen molar-refractivity contribution in [2.24, 2.45) is 0 Å². The molecule has 0 radical (unpaired) electrons. The molecule has 1 saturated heterocycles. The molecule has 1 fully saturated rings. The maximum Gasteiger partial charge on any atom is 0.312 e. The van der Waals surface area contributed by atoms with Crippen LogP contribution in [0.5, 0.6) is 0 Å². The van der Waals surface area contributed by atoms with Crippen LogP contribution in [0.15, 0.2) is 0 Å². The normalized spacial score (nSPS) is 18.1. The summed E-state index contributed by atoms with van der Waals surface area (Å²) >= 11 is 0. The maximum absolute atomic E-state index is 12.2. The predicted molar refractivity (Wildman–Crippen MR) is 102 cm³/mol. The van der Waals surface area contributed by atoms with E-state index >= 15 is 0 Å². The van der Waals surface area contributed by atoms with Crippen LogP contribution in [-0.2, 0) is 28.8 Å². The van der Waals surface area contributed by atoms with E-state index in [0.29, 0.717) is 51.6 Å². The third kappa shape index (κ3) is 10.4. The van der Waals surface area contributed by atoms with Gasteiger partial charge in [-0.1, -0.05) is 0 Å². The van der Waals surface area contributed by atoms with E-state index in [4.69, 9.17) is 10.2 Å². The fraction of sp³-hybridized carbons (Fsp3) is 0.667. The van der Waals surface area contributed by atoms with Gasteiger partial charge < -0.3 is 31.5 Å². The summed E-state index contributed by atoms with van der Waals surface area (Å²) in [5.74, 6) is -4.13. The van der Waals surface area contributed by atoms with Crippen molar-refractivity contribution < 1.29 is 39.0 Å². The summed E-state index contributed by atoms with van der Waals surface area (Å²) in [6, 6.07) is -1.31. The smallest absolute Gasteiger partial charge is 0.312 e. The summed E-state index contributed by atoms with van der Waals surface area (Å²) in [5, 5.41) is 27.2. The lowest BCUT2D eigenvalue weighted by Crippen LogP contribution is -2.61. The lowest BCUT2D eigenvalue weighted by atomic mass is 10.0. The summed E-state index contributed by atoms with van der Waals surface area (Å²) in [7, 11) is 0. The molecule has 30 heavy (non-hydrogen) atoms. The van der Waals surface area contributed by atoms with E-state index in [0.717, 1.165) is 0 Å². The van der Waals surface area contributed by atoms with Gasteiger partial charge in [-0.05, 0) is 38.5 Å². The van der Waals surface area contributed by atoms with Crippen LogP contribution in [0, 0.1) is 0 Å². The molecule has 0 bridgehead atoms. The van der Waals surface area contributed by atoms with Crippen molar-refractivity contribution in [2.45, 2.75) is 63.5 Å². The van der Waals surface area contributed by atoms with Gasteiger partial charge in [0.15, 0.2) is 0 Å². The summed E-state index contributed by atoms with van der Waals surface area (Å²) in [6.07, 6.45) is 1.83. The number of nitrogens with one attached hydrogen (secondary N) is 4. The van der Waals surface area contributed by atoms with Crippen LogP contribution in [0.25, 0.3) is 0 Å². The monoisotopic (exact) mass is 428 g/mol. The maximum atomic E-state index is 12.2. The van der Waals surface area contributed by atoms with E-state index < -0.39 is 48.7 Å². The Hall–Kier alpha value is -3.18. The van der Waals surface area contributed by atoms with Crippen LogP contribution in [-0.4, -0.2) is 71.0 Å². The van der Waals surface area contributed by atoms with E-state index in [9.17, 15) is 28.8 Å². The van der Waals surface area contributed by atoms with Gasteiger partial charge in [-0.2, -0.15) is 0 Å². The minimum absolute atomic E-state index is 0.288. The van der Waals surface area contributed by atoms with Gasteiger partial charge in [-0.25, -0.2) is 0 Å². The molecule has 12 heteroatoms. The fourth-order valence-corrected chi connectivity index (χ4v) is 2.88. The highest BCUT2D eigenvalue weighted by Gasteiger charge is 2.32. The van der Waals surface area contributed by atoms with Crippen molar-refractivity contribution in [3.8, 4) is 0 Å². The molecule has 1 rings (SSSR count).